The number of rotatable bonds is 4. The Kier molecular flexibility index (Phi) is 3.79. The Hall–Kier alpha value is -1.35. The Balaban J connectivity index is 1.92. The van der Waals surface area contributed by atoms with Gasteiger partial charge in [-0.25, -0.2) is 0 Å². The van der Waals surface area contributed by atoms with Gasteiger partial charge >= 0.3 is 0 Å². The van der Waals surface area contributed by atoms with Gasteiger partial charge in [0.2, 0.25) is 5.91 Å². The number of nitrogens with two attached hydrogens (primary N) is 1. The molecule has 1 aliphatic carbocycles. The van der Waals surface area contributed by atoms with E-state index >= 15 is 0 Å². The van der Waals surface area contributed by atoms with Gasteiger partial charge in [-0.3, -0.25) is 4.79 Å². The second kappa shape index (κ2) is 5.32. The van der Waals surface area contributed by atoms with Crippen LogP contribution in [0.25, 0.3) is 0 Å². The predicted molar refractivity (Wildman–Crippen MR) is 68.1 cm³/mol. The van der Waals surface area contributed by atoms with Crippen molar-refractivity contribution >= 4 is 5.91 Å². The van der Waals surface area contributed by atoms with Crippen LogP contribution in [0.2, 0.25) is 0 Å². The van der Waals surface area contributed by atoms with Gasteiger partial charge in [0.05, 0.1) is 0 Å². The second-order valence-electron chi connectivity index (χ2n) is 4.84. The summed E-state index contributed by atoms with van der Waals surface area (Å²) in [6, 6.07) is 8.15. The van der Waals surface area contributed by atoms with Gasteiger partial charge in [0, 0.05) is 26.1 Å². The molecule has 1 saturated carbocycles. The van der Waals surface area contributed by atoms with E-state index < -0.39 is 0 Å². The lowest BCUT2D eigenvalue weighted by Gasteiger charge is -2.29. The minimum absolute atomic E-state index is 0.281. The molecular weight excluding hydrogens is 212 g/mol. The molecule has 1 amide bonds. The molecule has 0 unspecified atom stereocenters. The summed E-state index contributed by atoms with van der Waals surface area (Å²) in [5.41, 5.74) is 7.84. The van der Waals surface area contributed by atoms with Gasteiger partial charge in [-0.05, 0) is 24.0 Å². The zero-order valence-corrected chi connectivity index (χ0v) is 10.4. The van der Waals surface area contributed by atoms with E-state index in [-0.39, 0.29) is 5.92 Å². The van der Waals surface area contributed by atoms with Gasteiger partial charge in [-0.15, -0.1) is 0 Å². The van der Waals surface area contributed by atoms with Crippen LogP contribution in [0.4, 0.5) is 0 Å². The van der Waals surface area contributed by atoms with Gasteiger partial charge < -0.3 is 10.6 Å². The molecule has 0 spiro atoms. The molecular formula is C14H20N2O. The lowest BCUT2D eigenvalue weighted by molar-refractivity contribution is -0.137. The average Bonchev–Trinajstić information content (AvgIpc) is 2.27. The van der Waals surface area contributed by atoms with Crippen LogP contribution in [-0.4, -0.2) is 17.9 Å². The molecule has 2 N–H and O–H groups in total. The minimum atomic E-state index is 0.281. The van der Waals surface area contributed by atoms with Gasteiger partial charge in [-0.1, -0.05) is 30.7 Å². The molecule has 1 aliphatic rings. The number of carbonyl (C=O) groups is 1. The first-order valence-corrected chi connectivity index (χ1v) is 6.23. The maximum Gasteiger partial charge on any atom is 0.225 e. The summed E-state index contributed by atoms with van der Waals surface area (Å²) in [6.45, 7) is 1.26. The van der Waals surface area contributed by atoms with E-state index in [4.69, 9.17) is 5.73 Å². The van der Waals surface area contributed by atoms with E-state index in [1.54, 1.807) is 0 Å². The van der Waals surface area contributed by atoms with E-state index in [0.29, 0.717) is 19.0 Å². The summed E-state index contributed by atoms with van der Waals surface area (Å²) >= 11 is 0. The Morgan fingerprint density at radius 2 is 1.88 bits per heavy atom. The highest BCUT2D eigenvalue weighted by Crippen LogP contribution is 2.28. The highest BCUT2D eigenvalue weighted by Gasteiger charge is 2.27. The lowest BCUT2D eigenvalue weighted by Crippen LogP contribution is -2.35. The highest BCUT2D eigenvalue weighted by molar-refractivity contribution is 5.79. The van der Waals surface area contributed by atoms with Crippen molar-refractivity contribution in [1.82, 2.24) is 4.90 Å². The van der Waals surface area contributed by atoms with Crippen LogP contribution < -0.4 is 5.73 Å². The van der Waals surface area contributed by atoms with Gasteiger partial charge in [0.15, 0.2) is 0 Å². The molecule has 0 radical (unpaired) electrons. The molecule has 0 atom stereocenters. The van der Waals surface area contributed by atoms with Gasteiger partial charge in [-0.2, -0.15) is 0 Å². The summed E-state index contributed by atoms with van der Waals surface area (Å²) < 4.78 is 0. The molecule has 0 saturated heterocycles. The molecule has 92 valence electrons. The molecule has 3 heteroatoms. The third-order valence-corrected chi connectivity index (χ3v) is 3.51. The molecule has 1 aromatic rings. The Labute approximate surface area is 103 Å². The maximum absolute atomic E-state index is 12.0. The quantitative estimate of drug-likeness (QED) is 0.862. The summed E-state index contributed by atoms with van der Waals surface area (Å²) in [6.07, 6.45) is 3.33. The smallest absolute Gasteiger partial charge is 0.225 e. The van der Waals surface area contributed by atoms with E-state index in [1.807, 2.05) is 36.2 Å². The van der Waals surface area contributed by atoms with E-state index in [2.05, 4.69) is 0 Å². The summed E-state index contributed by atoms with van der Waals surface area (Å²) in [4.78, 5) is 13.8. The standard InChI is InChI=1S/C14H20N2O/c1-16(14(17)13-3-2-4-13)10-12-7-5-11(9-15)6-8-12/h5-8,13H,2-4,9-10,15H2,1H3. The van der Waals surface area contributed by atoms with Crippen molar-refractivity contribution in [3.8, 4) is 0 Å². The number of hydrogen-bond donors (Lipinski definition) is 1. The minimum Gasteiger partial charge on any atom is -0.341 e. The van der Waals surface area contributed by atoms with Crippen LogP contribution in [0, 0.1) is 5.92 Å². The SMILES string of the molecule is CN(Cc1ccc(CN)cc1)C(=O)C1CCC1. The first-order chi connectivity index (χ1) is 8.20. The molecule has 0 heterocycles. The first-order valence-electron chi connectivity index (χ1n) is 6.23. The van der Waals surface area contributed by atoms with Crippen molar-refractivity contribution in [3.05, 3.63) is 35.4 Å². The van der Waals surface area contributed by atoms with Crippen molar-refractivity contribution < 1.29 is 4.79 Å². The monoisotopic (exact) mass is 232 g/mol. The third kappa shape index (κ3) is 2.86. The van der Waals surface area contributed by atoms with Crippen molar-refractivity contribution in [1.29, 1.82) is 0 Å². The molecule has 2 rings (SSSR count). The van der Waals surface area contributed by atoms with E-state index in [0.717, 1.165) is 24.0 Å². The lowest BCUT2D eigenvalue weighted by atomic mass is 9.84. The zero-order chi connectivity index (χ0) is 12.3. The number of hydrogen-bond acceptors (Lipinski definition) is 2. The summed E-state index contributed by atoms with van der Waals surface area (Å²) in [5.74, 6) is 0.572. The van der Waals surface area contributed by atoms with E-state index in [1.165, 1.54) is 6.42 Å². The van der Waals surface area contributed by atoms with Crippen molar-refractivity contribution in [3.63, 3.8) is 0 Å². The normalized spacial score (nSPS) is 15.4. The molecule has 0 aliphatic heterocycles. The summed E-state index contributed by atoms with van der Waals surface area (Å²) in [5, 5.41) is 0. The Morgan fingerprint density at radius 1 is 1.29 bits per heavy atom. The summed E-state index contributed by atoms with van der Waals surface area (Å²) in [7, 11) is 1.89. The Bertz CT molecular complexity index is 382. The number of carbonyl (C=O) groups excluding carboxylic acids is 1. The van der Waals surface area contributed by atoms with Crippen molar-refractivity contribution in [2.24, 2.45) is 11.7 Å². The van der Waals surface area contributed by atoms with Gasteiger partial charge in [0.1, 0.15) is 0 Å². The first kappa shape index (κ1) is 12.1. The number of amides is 1. The molecule has 0 bridgehead atoms. The fraction of sp³-hybridized carbons (Fsp3) is 0.500. The number of benzene rings is 1. The Morgan fingerprint density at radius 3 is 2.35 bits per heavy atom. The van der Waals surface area contributed by atoms with Crippen LogP contribution >= 0.6 is 0 Å². The van der Waals surface area contributed by atoms with Crippen molar-refractivity contribution in [2.45, 2.75) is 32.4 Å². The molecule has 17 heavy (non-hydrogen) atoms. The predicted octanol–water partition coefficient (Wildman–Crippen LogP) is 1.90. The van der Waals surface area contributed by atoms with Crippen LogP contribution in [0.3, 0.4) is 0 Å². The van der Waals surface area contributed by atoms with Crippen LogP contribution in [0.15, 0.2) is 24.3 Å². The largest absolute Gasteiger partial charge is 0.341 e. The van der Waals surface area contributed by atoms with E-state index in [9.17, 15) is 4.79 Å². The number of nitrogens with zero attached hydrogens (tertiary/aromatic N) is 1. The highest BCUT2D eigenvalue weighted by atomic mass is 16.2. The maximum atomic E-state index is 12.0. The molecule has 1 aromatic carbocycles. The fourth-order valence-electron chi connectivity index (χ4n) is 2.10. The van der Waals surface area contributed by atoms with Crippen LogP contribution in [0.5, 0.6) is 0 Å². The average molecular weight is 232 g/mol. The van der Waals surface area contributed by atoms with Crippen LogP contribution in [0.1, 0.15) is 30.4 Å². The molecule has 0 aromatic heterocycles. The molecule has 1 fully saturated rings. The van der Waals surface area contributed by atoms with Gasteiger partial charge in [0.25, 0.3) is 0 Å². The van der Waals surface area contributed by atoms with Crippen LogP contribution in [-0.2, 0) is 17.9 Å². The zero-order valence-electron chi connectivity index (χ0n) is 10.4. The third-order valence-electron chi connectivity index (χ3n) is 3.51. The molecule has 3 nitrogen and oxygen atoms in total. The second-order valence-corrected chi connectivity index (χ2v) is 4.84. The fourth-order valence-corrected chi connectivity index (χ4v) is 2.10. The van der Waals surface area contributed by atoms with Crippen molar-refractivity contribution in [2.75, 3.05) is 7.05 Å². The topological polar surface area (TPSA) is 46.3 Å².